The van der Waals surface area contributed by atoms with E-state index in [1.807, 2.05) is 6.92 Å². The third-order valence-corrected chi connectivity index (χ3v) is 11.2. The number of carbonyl (C=O) groups excluding carboxylic acids is 2. The molecule has 3 saturated carbocycles. The summed E-state index contributed by atoms with van der Waals surface area (Å²) in [5, 5.41) is 19.8. The normalized spacial score (nSPS) is 40.3. The molecule has 1 spiro atoms. The number of carbonyl (C=O) groups is 2. The highest BCUT2D eigenvalue weighted by molar-refractivity contribution is 6.18. The minimum Gasteiger partial charge on any atom is -0.463 e. The van der Waals surface area contributed by atoms with E-state index in [9.17, 15) is 19.8 Å². The first-order valence-corrected chi connectivity index (χ1v) is 15.0. The zero-order chi connectivity index (χ0) is 27.2. The number of esters is 2. The van der Waals surface area contributed by atoms with Crippen LogP contribution in [0, 0.1) is 45.8 Å². The Bertz CT molecular complexity index is 907. The summed E-state index contributed by atoms with van der Waals surface area (Å²) in [6.45, 7) is 8.68. The van der Waals surface area contributed by atoms with Crippen molar-refractivity contribution in [3.63, 3.8) is 0 Å². The molecule has 0 aromatic rings. The van der Waals surface area contributed by atoms with E-state index < -0.39 is 17.6 Å². The lowest BCUT2D eigenvalue weighted by Crippen LogP contribution is -2.64. The molecule has 3 fully saturated rings. The van der Waals surface area contributed by atoms with Crippen molar-refractivity contribution in [3.8, 4) is 0 Å². The fraction of sp³-hybridized carbons (Fsp3) is 0.862. The molecule has 210 valence electrons. The van der Waals surface area contributed by atoms with Gasteiger partial charge in [0, 0.05) is 5.41 Å². The molecule has 9 atom stereocenters. The van der Waals surface area contributed by atoms with Gasteiger partial charge in [-0.25, -0.2) is 0 Å². The summed E-state index contributed by atoms with van der Waals surface area (Å²) in [7, 11) is 0. The van der Waals surface area contributed by atoms with Crippen LogP contribution >= 0.6 is 23.2 Å². The monoisotopic (exact) mass is 558 g/mol. The Balaban J connectivity index is 1.66. The Labute approximate surface area is 231 Å². The van der Waals surface area contributed by atoms with Crippen molar-refractivity contribution < 1.29 is 29.3 Å². The fourth-order valence-corrected chi connectivity index (χ4v) is 9.01. The molecule has 5 unspecified atom stereocenters. The molecule has 5 aliphatic rings. The number of hydrogen-bond acceptors (Lipinski definition) is 6. The standard InChI is InChI=1S/C29H44Cl2O6/c1-17(2)21-12-29-9-6-23-27(3,7-5-8-28(23,4)26(35)37-16-20(33)14-31)24(29)11-18(21)10-22(29)25(34)36-15-19(32)13-30/h12,17-20,22-24,32-33H,5-11,13-16H2,1-4H3/t18?,19?,20?,22?,23-,24-,27+,28-,29?/m1/s1. The molecule has 37 heavy (non-hydrogen) atoms. The molecule has 0 radical (unpaired) electrons. The van der Waals surface area contributed by atoms with E-state index >= 15 is 0 Å². The minimum atomic E-state index is -0.864. The lowest BCUT2D eigenvalue weighted by molar-refractivity contribution is -0.201. The van der Waals surface area contributed by atoms with Crippen molar-refractivity contribution in [2.24, 2.45) is 45.8 Å². The molecule has 0 saturated heterocycles. The summed E-state index contributed by atoms with van der Waals surface area (Å²) >= 11 is 11.5. The summed E-state index contributed by atoms with van der Waals surface area (Å²) in [5.41, 5.74) is 0.389. The van der Waals surface area contributed by atoms with Crippen molar-refractivity contribution in [3.05, 3.63) is 11.6 Å². The number of aliphatic hydroxyl groups is 2. The SMILES string of the molecule is CC(C)C1=CC23CC[C@@H]4[C@](C)(CCC[C@@]4(C)C(=O)OCC(O)CCl)[C@H]2CC1CC3C(=O)OCC(O)CCl. The molecule has 2 bridgehead atoms. The van der Waals surface area contributed by atoms with Crippen molar-refractivity contribution in [1.82, 2.24) is 0 Å². The minimum absolute atomic E-state index is 0.0288. The Morgan fingerprint density at radius 1 is 1.00 bits per heavy atom. The van der Waals surface area contributed by atoms with Crippen LogP contribution in [0.3, 0.4) is 0 Å². The third kappa shape index (κ3) is 4.98. The largest absolute Gasteiger partial charge is 0.463 e. The van der Waals surface area contributed by atoms with E-state index in [1.54, 1.807) is 0 Å². The highest BCUT2D eigenvalue weighted by atomic mass is 35.5. The molecule has 0 aromatic heterocycles. The third-order valence-electron chi connectivity index (χ3n) is 10.5. The highest BCUT2D eigenvalue weighted by Crippen LogP contribution is 2.72. The highest BCUT2D eigenvalue weighted by Gasteiger charge is 2.68. The number of ether oxygens (including phenoxy) is 2. The summed E-state index contributed by atoms with van der Waals surface area (Å²) in [6.07, 6.45) is 6.88. The Hall–Kier alpha value is -0.820. The zero-order valence-electron chi connectivity index (χ0n) is 22.7. The molecule has 6 nitrogen and oxygen atoms in total. The van der Waals surface area contributed by atoms with Crippen LogP contribution in [0.2, 0.25) is 0 Å². The first-order chi connectivity index (χ1) is 17.4. The molecule has 0 aliphatic heterocycles. The van der Waals surface area contributed by atoms with Gasteiger partial charge in [-0.05, 0) is 74.5 Å². The van der Waals surface area contributed by atoms with Gasteiger partial charge in [-0.15, -0.1) is 23.2 Å². The van der Waals surface area contributed by atoms with Crippen LogP contribution in [0.15, 0.2) is 11.6 Å². The fourth-order valence-electron chi connectivity index (χ4n) is 8.83. The second kappa shape index (κ2) is 11.0. The molecule has 2 N–H and O–H groups in total. The summed E-state index contributed by atoms with van der Waals surface area (Å²) in [4.78, 5) is 26.9. The predicted octanol–water partition coefficient (Wildman–Crippen LogP) is 5.10. The Kier molecular flexibility index (Phi) is 8.66. The van der Waals surface area contributed by atoms with Gasteiger partial charge in [0.25, 0.3) is 0 Å². The lowest BCUT2D eigenvalue weighted by atomic mass is 9.36. The van der Waals surface area contributed by atoms with Crippen LogP contribution in [-0.2, 0) is 19.1 Å². The smallest absolute Gasteiger partial charge is 0.312 e. The first-order valence-electron chi connectivity index (χ1n) is 14.0. The van der Waals surface area contributed by atoms with E-state index in [0.29, 0.717) is 11.8 Å². The molecular weight excluding hydrogens is 515 g/mol. The maximum absolute atomic E-state index is 13.5. The van der Waals surface area contributed by atoms with Gasteiger partial charge >= 0.3 is 11.9 Å². The van der Waals surface area contributed by atoms with Gasteiger partial charge in [0.1, 0.15) is 25.4 Å². The van der Waals surface area contributed by atoms with Crippen LogP contribution in [0.25, 0.3) is 0 Å². The number of halogens is 2. The van der Waals surface area contributed by atoms with Gasteiger partial charge in [-0.3, -0.25) is 9.59 Å². The Morgan fingerprint density at radius 2 is 1.65 bits per heavy atom. The number of rotatable bonds is 9. The number of fused-ring (bicyclic) bond motifs is 2. The Morgan fingerprint density at radius 3 is 2.27 bits per heavy atom. The quantitative estimate of drug-likeness (QED) is 0.232. The van der Waals surface area contributed by atoms with Crippen molar-refractivity contribution >= 4 is 35.1 Å². The summed E-state index contributed by atoms with van der Waals surface area (Å²) < 4.78 is 11.2. The molecule has 5 aliphatic carbocycles. The lowest BCUT2D eigenvalue weighted by Gasteiger charge is -2.68. The molecule has 5 rings (SSSR count). The van der Waals surface area contributed by atoms with E-state index in [-0.39, 0.29) is 65.5 Å². The van der Waals surface area contributed by atoms with Crippen LogP contribution in [0.4, 0.5) is 0 Å². The average Bonchev–Trinajstić information content (AvgIpc) is 2.88. The van der Waals surface area contributed by atoms with Crippen molar-refractivity contribution in [2.45, 2.75) is 84.8 Å². The van der Waals surface area contributed by atoms with E-state index in [4.69, 9.17) is 32.7 Å². The summed E-state index contributed by atoms with van der Waals surface area (Å²) in [5.74, 6) is 0.468. The predicted molar refractivity (Wildman–Crippen MR) is 143 cm³/mol. The topological polar surface area (TPSA) is 93.1 Å². The van der Waals surface area contributed by atoms with Gasteiger partial charge in [0.15, 0.2) is 0 Å². The van der Waals surface area contributed by atoms with Gasteiger partial charge in [-0.2, -0.15) is 0 Å². The van der Waals surface area contributed by atoms with Gasteiger partial charge in [0.2, 0.25) is 0 Å². The molecule has 0 amide bonds. The maximum Gasteiger partial charge on any atom is 0.312 e. The zero-order valence-corrected chi connectivity index (χ0v) is 24.2. The van der Waals surface area contributed by atoms with Gasteiger partial charge in [-0.1, -0.05) is 38.8 Å². The van der Waals surface area contributed by atoms with Crippen molar-refractivity contribution in [2.75, 3.05) is 25.0 Å². The molecular formula is C29H44Cl2O6. The van der Waals surface area contributed by atoms with E-state index in [2.05, 4.69) is 26.8 Å². The summed E-state index contributed by atoms with van der Waals surface area (Å²) in [6, 6.07) is 0. The number of allylic oxidation sites excluding steroid dienone is 2. The number of alkyl halides is 2. The van der Waals surface area contributed by atoms with E-state index in [1.165, 1.54) is 5.57 Å². The van der Waals surface area contributed by atoms with Crippen LogP contribution in [0.1, 0.15) is 72.6 Å². The number of hydrogen-bond donors (Lipinski definition) is 2. The first kappa shape index (κ1) is 29.2. The van der Waals surface area contributed by atoms with Crippen molar-refractivity contribution in [1.29, 1.82) is 0 Å². The van der Waals surface area contributed by atoms with Crippen LogP contribution < -0.4 is 0 Å². The molecule has 0 aromatic carbocycles. The number of aliphatic hydroxyl groups excluding tert-OH is 2. The van der Waals surface area contributed by atoms with Crippen LogP contribution in [0.5, 0.6) is 0 Å². The van der Waals surface area contributed by atoms with Gasteiger partial charge in [0.05, 0.1) is 23.1 Å². The second-order valence-corrected chi connectivity index (χ2v) is 13.5. The van der Waals surface area contributed by atoms with Crippen LogP contribution in [-0.4, -0.2) is 59.3 Å². The maximum atomic E-state index is 13.5. The van der Waals surface area contributed by atoms with Gasteiger partial charge < -0.3 is 19.7 Å². The molecule has 8 heteroatoms. The molecule has 0 heterocycles. The second-order valence-electron chi connectivity index (χ2n) is 12.9. The average molecular weight is 560 g/mol. The van der Waals surface area contributed by atoms with E-state index in [0.717, 1.165) is 44.9 Å².